The summed E-state index contributed by atoms with van der Waals surface area (Å²) in [5.74, 6) is 1.79. The Labute approximate surface area is 175 Å². The minimum absolute atomic E-state index is 0.0106. The molecule has 0 bridgehead atoms. The molecular formula is C23H26N2OS2. The van der Waals surface area contributed by atoms with Gasteiger partial charge in [0.15, 0.2) is 5.13 Å². The molecule has 1 heterocycles. The zero-order valence-corrected chi connectivity index (χ0v) is 18.7. The van der Waals surface area contributed by atoms with Crippen LogP contribution in [0.1, 0.15) is 40.4 Å². The number of anilines is 2. The fraction of sp³-hybridized carbons (Fsp3) is 0.304. The molecule has 0 saturated heterocycles. The van der Waals surface area contributed by atoms with Crippen LogP contribution in [-0.2, 0) is 16.3 Å². The topological polar surface area (TPSA) is 33.2 Å². The summed E-state index contributed by atoms with van der Waals surface area (Å²) in [4.78, 5) is 19.0. The molecule has 3 rings (SSSR count). The van der Waals surface area contributed by atoms with Crippen molar-refractivity contribution in [2.24, 2.45) is 0 Å². The van der Waals surface area contributed by atoms with E-state index in [0.29, 0.717) is 0 Å². The molecule has 0 aliphatic rings. The second kappa shape index (κ2) is 8.93. The molecule has 2 aromatic carbocycles. The molecule has 0 atom stereocenters. The Balaban J connectivity index is 1.77. The lowest BCUT2D eigenvalue weighted by Crippen LogP contribution is -2.24. The second-order valence-corrected chi connectivity index (χ2v) is 8.96. The normalized spacial score (nSPS) is 10.9. The third-order valence-electron chi connectivity index (χ3n) is 4.67. The Hall–Kier alpha value is -2.11. The first-order valence-corrected chi connectivity index (χ1v) is 11.4. The van der Waals surface area contributed by atoms with Gasteiger partial charge in [0, 0.05) is 23.8 Å². The molecule has 0 aliphatic heterocycles. The van der Waals surface area contributed by atoms with Crippen molar-refractivity contribution < 1.29 is 4.79 Å². The van der Waals surface area contributed by atoms with Crippen molar-refractivity contribution in [3.8, 4) is 0 Å². The number of rotatable bonds is 6. The summed E-state index contributed by atoms with van der Waals surface area (Å²) in [6.07, 6.45) is 0. The molecule has 5 heteroatoms. The number of hydrogen-bond acceptors (Lipinski definition) is 4. The van der Waals surface area contributed by atoms with Crippen LogP contribution in [0, 0.1) is 27.7 Å². The molecule has 0 radical (unpaired) electrons. The number of thiazole rings is 1. The van der Waals surface area contributed by atoms with Crippen molar-refractivity contribution in [1.29, 1.82) is 0 Å². The molecule has 0 spiro atoms. The van der Waals surface area contributed by atoms with Gasteiger partial charge in [-0.2, -0.15) is 11.8 Å². The van der Waals surface area contributed by atoms with Crippen molar-refractivity contribution in [2.45, 2.75) is 46.1 Å². The number of aryl methyl sites for hydroxylation is 4. The number of hydrogen-bond donors (Lipinski definition) is 0. The highest BCUT2D eigenvalue weighted by Gasteiger charge is 2.21. The number of carbonyl (C=O) groups excluding carboxylic acids is 1. The highest BCUT2D eigenvalue weighted by atomic mass is 32.2. The molecule has 146 valence electrons. The van der Waals surface area contributed by atoms with Gasteiger partial charge < -0.3 is 0 Å². The Bertz CT molecular complexity index is 971. The van der Waals surface area contributed by atoms with Gasteiger partial charge in [-0.1, -0.05) is 42.0 Å². The summed E-state index contributed by atoms with van der Waals surface area (Å²) >= 11 is 3.38. The van der Waals surface area contributed by atoms with E-state index in [1.165, 1.54) is 28.0 Å². The Kier molecular flexibility index (Phi) is 6.57. The van der Waals surface area contributed by atoms with Crippen molar-refractivity contribution in [3.63, 3.8) is 0 Å². The summed E-state index contributed by atoms with van der Waals surface area (Å²) in [5, 5.41) is 2.81. The predicted octanol–water partition coefficient (Wildman–Crippen LogP) is 6.49. The van der Waals surface area contributed by atoms with Crippen molar-refractivity contribution >= 4 is 39.8 Å². The summed E-state index contributed by atoms with van der Waals surface area (Å²) in [6.45, 7) is 9.94. The first-order valence-electron chi connectivity index (χ1n) is 9.32. The van der Waals surface area contributed by atoms with Crippen LogP contribution in [-0.4, -0.2) is 10.9 Å². The summed E-state index contributed by atoms with van der Waals surface area (Å²) < 4.78 is 0. The minimum atomic E-state index is -0.0106. The van der Waals surface area contributed by atoms with Crippen LogP contribution in [0.25, 0.3) is 0 Å². The van der Waals surface area contributed by atoms with Crippen LogP contribution in [0.2, 0.25) is 0 Å². The van der Waals surface area contributed by atoms with E-state index in [9.17, 15) is 4.79 Å². The lowest BCUT2D eigenvalue weighted by molar-refractivity contribution is -0.115. The van der Waals surface area contributed by atoms with Gasteiger partial charge in [0.25, 0.3) is 0 Å². The van der Waals surface area contributed by atoms with E-state index in [2.05, 4.69) is 69.5 Å². The van der Waals surface area contributed by atoms with Gasteiger partial charge in [0.1, 0.15) is 0 Å². The second-order valence-electron chi connectivity index (χ2n) is 7.14. The molecule has 3 aromatic rings. The number of nitrogens with zero attached hydrogens (tertiary/aromatic N) is 2. The summed E-state index contributed by atoms with van der Waals surface area (Å²) in [6, 6.07) is 12.7. The average Bonchev–Trinajstić information content (AvgIpc) is 3.07. The molecule has 0 aliphatic carbocycles. The standard InChI is InChI=1S/C23H26N2OS2/c1-15-10-17(3)22(18(4)11-15)25(19(5)26)23-24-21(14-28-23)13-27-12-20-9-7-6-8-16(20)2/h6-11,14H,12-13H2,1-5H3. The van der Waals surface area contributed by atoms with Crippen molar-refractivity contribution in [1.82, 2.24) is 4.98 Å². The molecule has 0 fully saturated rings. The number of carbonyl (C=O) groups is 1. The fourth-order valence-corrected chi connectivity index (χ4v) is 5.40. The average molecular weight is 411 g/mol. The fourth-order valence-electron chi connectivity index (χ4n) is 3.42. The maximum atomic E-state index is 12.5. The maximum Gasteiger partial charge on any atom is 0.230 e. The zero-order valence-electron chi connectivity index (χ0n) is 17.1. The number of benzene rings is 2. The highest BCUT2D eigenvalue weighted by molar-refractivity contribution is 7.97. The van der Waals surface area contributed by atoms with Crippen LogP contribution in [0.3, 0.4) is 0 Å². The monoisotopic (exact) mass is 410 g/mol. The first kappa shape index (κ1) is 20.6. The quantitative estimate of drug-likeness (QED) is 0.465. The van der Waals surface area contributed by atoms with Crippen LogP contribution in [0.5, 0.6) is 0 Å². The predicted molar refractivity (Wildman–Crippen MR) is 122 cm³/mol. The molecular weight excluding hydrogens is 384 g/mol. The third-order valence-corrected chi connectivity index (χ3v) is 6.56. The largest absolute Gasteiger partial charge is 0.274 e. The Morgan fingerprint density at radius 1 is 1.04 bits per heavy atom. The van der Waals surface area contributed by atoms with Gasteiger partial charge in [-0.15, -0.1) is 11.3 Å². The van der Waals surface area contributed by atoms with Gasteiger partial charge >= 0.3 is 0 Å². The van der Waals surface area contributed by atoms with E-state index in [0.717, 1.165) is 39.1 Å². The Morgan fingerprint density at radius 3 is 2.36 bits per heavy atom. The third kappa shape index (κ3) is 4.65. The van der Waals surface area contributed by atoms with E-state index in [1.807, 2.05) is 11.8 Å². The van der Waals surface area contributed by atoms with Gasteiger partial charge in [-0.3, -0.25) is 9.69 Å². The van der Waals surface area contributed by atoms with E-state index in [4.69, 9.17) is 4.98 Å². The zero-order chi connectivity index (χ0) is 20.3. The van der Waals surface area contributed by atoms with Gasteiger partial charge in [0.2, 0.25) is 5.91 Å². The Morgan fingerprint density at radius 2 is 1.71 bits per heavy atom. The van der Waals surface area contributed by atoms with Crippen molar-refractivity contribution in [3.05, 3.63) is 75.3 Å². The lowest BCUT2D eigenvalue weighted by Gasteiger charge is -2.23. The van der Waals surface area contributed by atoms with E-state index >= 15 is 0 Å². The van der Waals surface area contributed by atoms with Crippen LogP contribution in [0.4, 0.5) is 10.8 Å². The molecule has 1 amide bonds. The molecule has 0 N–H and O–H groups in total. The molecule has 0 unspecified atom stereocenters. The van der Waals surface area contributed by atoms with Crippen molar-refractivity contribution in [2.75, 3.05) is 4.90 Å². The summed E-state index contributed by atoms with van der Waals surface area (Å²) in [5.41, 5.74) is 8.05. The highest BCUT2D eigenvalue weighted by Crippen LogP contribution is 2.35. The van der Waals surface area contributed by atoms with E-state index < -0.39 is 0 Å². The van der Waals surface area contributed by atoms with Crippen LogP contribution >= 0.6 is 23.1 Å². The smallest absolute Gasteiger partial charge is 0.230 e. The van der Waals surface area contributed by atoms with Crippen LogP contribution in [0.15, 0.2) is 41.8 Å². The first-order chi connectivity index (χ1) is 13.4. The number of thioether (sulfide) groups is 1. The number of amides is 1. The maximum absolute atomic E-state index is 12.5. The molecule has 1 aromatic heterocycles. The molecule has 3 nitrogen and oxygen atoms in total. The lowest BCUT2D eigenvalue weighted by atomic mass is 10.0. The SMILES string of the molecule is CC(=O)N(c1nc(CSCc2ccccc2C)cs1)c1c(C)cc(C)cc1C. The number of aromatic nitrogens is 1. The minimum Gasteiger partial charge on any atom is -0.274 e. The van der Waals surface area contributed by atoms with E-state index in [-0.39, 0.29) is 5.91 Å². The van der Waals surface area contributed by atoms with Crippen LogP contribution < -0.4 is 4.90 Å². The van der Waals surface area contributed by atoms with Gasteiger partial charge in [-0.05, 0) is 49.9 Å². The van der Waals surface area contributed by atoms with E-state index in [1.54, 1.807) is 11.8 Å². The van der Waals surface area contributed by atoms with Gasteiger partial charge in [-0.25, -0.2) is 4.98 Å². The molecule has 0 saturated carbocycles. The van der Waals surface area contributed by atoms with Gasteiger partial charge in [0.05, 0.1) is 11.4 Å². The summed E-state index contributed by atoms with van der Waals surface area (Å²) in [7, 11) is 0. The molecule has 28 heavy (non-hydrogen) atoms.